The minimum atomic E-state index is -0.894. The Bertz CT molecular complexity index is 732. The molecule has 2 N–H and O–H groups in total. The fourth-order valence-electron chi connectivity index (χ4n) is 1.78. The van der Waals surface area contributed by atoms with E-state index >= 15 is 0 Å². The van der Waals surface area contributed by atoms with Crippen LogP contribution >= 0.6 is 0 Å². The zero-order valence-corrected chi connectivity index (χ0v) is 10.4. The Morgan fingerprint density at radius 1 is 1.45 bits per heavy atom. The average Bonchev–Trinajstić information content (AvgIpc) is 2.74. The summed E-state index contributed by atoms with van der Waals surface area (Å²) in [5.74, 6) is -2.48. The maximum absolute atomic E-state index is 13.8. The van der Waals surface area contributed by atoms with Crippen LogP contribution in [0.5, 0.6) is 0 Å². The number of ether oxygens (including phenoxy) is 1. The molecule has 0 bridgehead atoms. The molecule has 2 aromatic rings. The largest absolute Gasteiger partial charge is 0.464 e. The predicted octanol–water partition coefficient (Wildman–Crippen LogP) is 2.00. The van der Waals surface area contributed by atoms with Gasteiger partial charge in [0.25, 0.3) is 0 Å². The molecule has 0 saturated heterocycles. The van der Waals surface area contributed by atoms with Gasteiger partial charge in [0.2, 0.25) is 0 Å². The lowest BCUT2D eigenvalue weighted by molar-refractivity contribution is 0.0593. The average molecular weight is 277 g/mol. The van der Waals surface area contributed by atoms with Gasteiger partial charge in [-0.2, -0.15) is 5.26 Å². The molecule has 20 heavy (non-hydrogen) atoms. The number of nitrogens with two attached hydrogens (primary N) is 1. The van der Waals surface area contributed by atoms with Crippen molar-refractivity contribution in [2.75, 3.05) is 12.8 Å². The van der Waals surface area contributed by atoms with Crippen LogP contribution in [0.3, 0.4) is 0 Å². The monoisotopic (exact) mass is 277 g/mol. The number of nitrogen functional groups attached to an aromatic ring is 1. The topological polar surface area (TPSA) is 81.0 Å². The van der Waals surface area contributed by atoms with Crippen LogP contribution in [-0.4, -0.2) is 17.6 Å². The summed E-state index contributed by atoms with van der Waals surface area (Å²) in [4.78, 5) is 11.7. The number of hydrogen-bond donors (Lipinski definition) is 1. The second kappa shape index (κ2) is 5.01. The third-order valence-corrected chi connectivity index (χ3v) is 2.71. The zero-order chi connectivity index (χ0) is 14.9. The molecule has 0 aliphatic carbocycles. The molecule has 1 aromatic carbocycles. The Morgan fingerprint density at radius 3 is 2.70 bits per heavy atom. The fourth-order valence-corrected chi connectivity index (χ4v) is 1.78. The molecular weight excluding hydrogens is 268 g/mol. The summed E-state index contributed by atoms with van der Waals surface area (Å²) in [6.07, 6.45) is 1.19. The molecule has 0 saturated carbocycles. The number of rotatable bonds is 2. The quantitative estimate of drug-likeness (QED) is 0.851. The maximum Gasteiger partial charge on any atom is 0.357 e. The van der Waals surface area contributed by atoms with Crippen LogP contribution in [-0.2, 0) is 4.74 Å². The maximum atomic E-state index is 13.8. The predicted molar refractivity (Wildman–Crippen MR) is 66.2 cm³/mol. The van der Waals surface area contributed by atoms with Crippen molar-refractivity contribution < 1.29 is 18.3 Å². The van der Waals surface area contributed by atoms with Gasteiger partial charge in [0.05, 0.1) is 24.0 Å². The molecular formula is C13H9F2N3O2. The van der Waals surface area contributed by atoms with Crippen molar-refractivity contribution in [1.82, 2.24) is 4.57 Å². The Hall–Kier alpha value is -2.88. The van der Waals surface area contributed by atoms with Crippen LogP contribution in [0, 0.1) is 23.0 Å². The Kier molecular flexibility index (Phi) is 3.39. The number of nitrogens with zero attached hydrogens (tertiary/aromatic N) is 2. The van der Waals surface area contributed by atoms with Crippen molar-refractivity contribution in [3.63, 3.8) is 0 Å². The Balaban J connectivity index is 2.74. The molecule has 0 fully saturated rings. The van der Waals surface area contributed by atoms with Gasteiger partial charge in [-0.05, 0) is 12.1 Å². The van der Waals surface area contributed by atoms with E-state index in [2.05, 4.69) is 4.74 Å². The van der Waals surface area contributed by atoms with Gasteiger partial charge in [0.1, 0.15) is 17.7 Å². The Labute approximate surface area is 112 Å². The van der Waals surface area contributed by atoms with E-state index in [1.165, 1.54) is 6.20 Å². The number of esters is 1. The number of anilines is 1. The first-order valence-corrected chi connectivity index (χ1v) is 5.44. The lowest BCUT2D eigenvalue weighted by atomic mass is 10.2. The third-order valence-electron chi connectivity index (χ3n) is 2.71. The summed E-state index contributed by atoms with van der Waals surface area (Å²) in [7, 11) is 1.13. The van der Waals surface area contributed by atoms with Crippen molar-refractivity contribution in [3.8, 4) is 11.8 Å². The second-order valence-electron chi connectivity index (χ2n) is 3.87. The highest BCUT2D eigenvalue weighted by Gasteiger charge is 2.23. The van der Waals surface area contributed by atoms with E-state index in [9.17, 15) is 13.6 Å². The first kappa shape index (κ1) is 13.5. The minimum Gasteiger partial charge on any atom is -0.464 e. The van der Waals surface area contributed by atoms with Gasteiger partial charge in [-0.25, -0.2) is 13.6 Å². The fraction of sp³-hybridized carbons (Fsp3) is 0.0769. The van der Waals surface area contributed by atoms with Crippen LogP contribution in [0.4, 0.5) is 14.5 Å². The number of benzene rings is 1. The molecule has 2 rings (SSSR count). The van der Waals surface area contributed by atoms with Crippen molar-refractivity contribution in [3.05, 3.63) is 47.3 Å². The number of nitriles is 1. The lowest BCUT2D eigenvalue weighted by Gasteiger charge is -2.09. The van der Waals surface area contributed by atoms with Crippen molar-refractivity contribution >= 4 is 11.7 Å². The van der Waals surface area contributed by atoms with E-state index in [4.69, 9.17) is 11.0 Å². The molecule has 0 aliphatic rings. The molecule has 0 atom stereocenters. The summed E-state index contributed by atoms with van der Waals surface area (Å²) in [6.45, 7) is 0. The Morgan fingerprint density at radius 2 is 2.15 bits per heavy atom. The smallest absolute Gasteiger partial charge is 0.357 e. The first-order chi connectivity index (χ1) is 9.49. The lowest BCUT2D eigenvalue weighted by Crippen LogP contribution is -2.12. The van der Waals surface area contributed by atoms with E-state index in [0.29, 0.717) is 6.07 Å². The molecule has 0 aliphatic heterocycles. The van der Waals surface area contributed by atoms with E-state index in [1.807, 2.05) is 0 Å². The molecule has 0 radical (unpaired) electrons. The van der Waals surface area contributed by atoms with Gasteiger partial charge >= 0.3 is 5.97 Å². The zero-order valence-electron chi connectivity index (χ0n) is 10.4. The number of hydrogen-bond acceptors (Lipinski definition) is 4. The number of halogens is 2. The first-order valence-electron chi connectivity index (χ1n) is 5.44. The van der Waals surface area contributed by atoms with Crippen molar-refractivity contribution in [2.45, 2.75) is 0 Å². The van der Waals surface area contributed by atoms with Gasteiger partial charge in [-0.3, -0.25) is 0 Å². The summed E-state index contributed by atoms with van der Waals surface area (Å²) in [5.41, 5.74) is 5.24. The van der Waals surface area contributed by atoms with Crippen LogP contribution in [0.1, 0.15) is 16.1 Å². The number of aromatic nitrogens is 1. The van der Waals surface area contributed by atoms with E-state index < -0.39 is 17.6 Å². The highest BCUT2D eigenvalue weighted by atomic mass is 19.1. The van der Waals surface area contributed by atoms with E-state index in [0.717, 1.165) is 23.8 Å². The molecule has 0 unspecified atom stereocenters. The van der Waals surface area contributed by atoms with Crippen LogP contribution in [0.2, 0.25) is 0 Å². The van der Waals surface area contributed by atoms with Gasteiger partial charge in [-0.15, -0.1) is 0 Å². The second-order valence-corrected chi connectivity index (χ2v) is 3.87. The van der Waals surface area contributed by atoms with E-state index in [-0.39, 0.29) is 22.6 Å². The molecule has 1 aromatic heterocycles. The highest BCUT2D eigenvalue weighted by molar-refractivity contribution is 5.95. The SMILES string of the molecule is COC(=O)c1c(N)c(C#N)cn1-c1ccc(F)cc1F. The standard InChI is InChI=1S/C13H9F2N3O2/c1-20-13(19)12-11(17)7(5-16)6-18(12)10-3-2-8(14)4-9(10)15/h2-4,6H,17H2,1H3. The molecule has 0 spiro atoms. The minimum absolute atomic E-state index is 0.00544. The van der Waals surface area contributed by atoms with Crippen LogP contribution < -0.4 is 5.73 Å². The normalized spacial score (nSPS) is 10.1. The van der Waals surface area contributed by atoms with Gasteiger partial charge < -0.3 is 15.0 Å². The van der Waals surface area contributed by atoms with Crippen LogP contribution in [0.25, 0.3) is 5.69 Å². The van der Waals surface area contributed by atoms with Crippen LogP contribution in [0.15, 0.2) is 24.4 Å². The molecule has 7 heteroatoms. The number of carbonyl (C=O) groups is 1. The van der Waals surface area contributed by atoms with Gasteiger partial charge in [0, 0.05) is 12.3 Å². The summed E-state index contributed by atoms with van der Waals surface area (Å²) >= 11 is 0. The summed E-state index contributed by atoms with van der Waals surface area (Å²) < 4.78 is 32.3. The third kappa shape index (κ3) is 2.07. The molecule has 0 amide bonds. The molecule has 102 valence electrons. The highest BCUT2D eigenvalue weighted by Crippen LogP contribution is 2.26. The van der Waals surface area contributed by atoms with Crippen molar-refractivity contribution in [2.24, 2.45) is 0 Å². The summed E-state index contributed by atoms with van der Waals surface area (Å²) in [5, 5.41) is 8.92. The van der Waals surface area contributed by atoms with Gasteiger partial charge in [-0.1, -0.05) is 0 Å². The van der Waals surface area contributed by atoms with Gasteiger partial charge in [0.15, 0.2) is 5.69 Å². The number of carbonyl (C=O) groups excluding carboxylic acids is 1. The van der Waals surface area contributed by atoms with E-state index in [1.54, 1.807) is 6.07 Å². The summed E-state index contributed by atoms with van der Waals surface area (Å²) in [6, 6.07) is 4.62. The van der Waals surface area contributed by atoms with Crippen molar-refractivity contribution in [1.29, 1.82) is 5.26 Å². The number of methoxy groups -OCH3 is 1. The molecule has 5 nitrogen and oxygen atoms in total. The molecule has 1 heterocycles.